The van der Waals surface area contributed by atoms with E-state index < -0.39 is 10.0 Å². The molecule has 0 amide bonds. The molecule has 0 aliphatic carbocycles. The number of fused-ring (bicyclic) bond motifs is 1. The van der Waals surface area contributed by atoms with Crippen LogP contribution in [0.4, 0.5) is 5.69 Å². The molecule has 0 aliphatic rings. The first-order valence-corrected chi connectivity index (χ1v) is 11.5. The van der Waals surface area contributed by atoms with Crippen LogP contribution in [0.1, 0.15) is 12.6 Å². The van der Waals surface area contributed by atoms with Crippen LogP contribution in [0, 0.1) is 6.92 Å². The summed E-state index contributed by atoms with van der Waals surface area (Å²) in [6.07, 6.45) is 0. The van der Waals surface area contributed by atoms with E-state index in [0.29, 0.717) is 35.2 Å². The molecule has 4 aromatic rings. The van der Waals surface area contributed by atoms with E-state index in [4.69, 9.17) is 27.9 Å². The first-order valence-electron chi connectivity index (χ1n) is 9.22. The number of hydrogen-bond donors (Lipinski definition) is 2. The normalized spacial score (nSPS) is 11.6. The number of sulfonamides is 1. The van der Waals surface area contributed by atoms with Crippen molar-refractivity contribution in [3.63, 3.8) is 0 Å². The number of aryl methyl sites for hydroxylation is 1. The van der Waals surface area contributed by atoms with Gasteiger partial charge in [-0.15, -0.1) is 0 Å². The highest BCUT2D eigenvalue weighted by molar-refractivity contribution is 7.92. The van der Waals surface area contributed by atoms with Gasteiger partial charge in [-0.2, -0.15) is 10.1 Å². The molecule has 0 saturated carbocycles. The summed E-state index contributed by atoms with van der Waals surface area (Å²) in [4.78, 5) is 8.88. The van der Waals surface area contributed by atoms with Crippen LogP contribution in [0.5, 0.6) is 5.88 Å². The highest BCUT2D eigenvalue weighted by Gasteiger charge is 2.19. The molecule has 0 atom stereocenters. The third-order valence-electron chi connectivity index (χ3n) is 4.42. The van der Waals surface area contributed by atoms with Crippen LogP contribution < -0.4 is 9.46 Å². The SMILES string of the molecule is CCOc1nc(-c2ccc(NS(=O)(=O)c3cc(Cl)ccc3Cl)cc2)nc2n[nH]c(C)c12. The largest absolute Gasteiger partial charge is 0.477 e. The fourth-order valence-corrected chi connectivity index (χ4v) is 4.80. The van der Waals surface area contributed by atoms with Crippen molar-refractivity contribution in [1.82, 2.24) is 20.2 Å². The highest BCUT2D eigenvalue weighted by Crippen LogP contribution is 2.30. The van der Waals surface area contributed by atoms with Gasteiger partial charge in [-0.3, -0.25) is 9.82 Å². The number of H-pyrrole nitrogens is 1. The molecule has 31 heavy (non-hydrogen) atoms. The van der Waals surface area contributed by atoms with Gasteiger partial charge in [0.15, 0.2) is 11.5 Å². The molecule has 11 heteroatoms. The number of nitrogens with zero attached hydrogens (tertiary/aromatic N) is 3. The lowest BCUT2D eigenvalue weighted by molar-refractivity contribution is 0.331. The number of benzene rings is 2. The maximum atomic E-state index is 12.7. The van der Waals surface area contributed by atoms with Crippen molar-refractivity contribution in [3.05, 3.63) is 58.2 Å². The molecule has 0 bridgehead atoms. The molecule has 0 unspecified atom stereocenters. The Morgan fingerprint density at radius 3 is 2.55 bits per heavy atom. The standard InChI is InChI=1S/C20H17Cl2N5O3S/c1-3-30-20-17-11(2)25-26-19(17)23-18(24-20)12-4-7-14(8-5-12)27-31(28,29)16-10-13(21)6-9-15(16)22/h4-10,27H,3H2,1-2H3,(H,23,24,25,26). The highest BCUT2D eigenvalue weighted by atomic mass is 35.5. The van der Waals surface area contributed by atoms with Crippen molar-refractivity contribution in [2.45, 2.75) is 18.7 Å². The van der Waals surface area contributed by atoms with Crippen LogP contribution in [0.2, 0.25) is 10.0 Å². The third-order valence-corrected chi connectivity index (χ3v) is 6.52. The van der Waals surface area contributed by atoms with Gasteiger partial charge in [0.25, 0.3) is 10.0 Å². The summed E-state index contributed by atoms with van der Waals surface area (Å²) in [7, 11) is -3.92. The van der Waals surface area contributed by atoms with Gasteiger partial charge in [-0.05, 0) is 56.3 Å². The van der Waals surface area contributed by atoms with E-state index in [0.717, 1.165) is 11.1 Å². The smallest absolute Gasteiger partial charge is 0.263 e. The van der Waals surface area contributed by atoms with Gasteiger partial charge in [-0.1, -0.05) is 23.2 Å². The molecule has 0 radical (unpaired) electrons. The van der Waals surface area contributed by atoms with Crippen molar-refractivity contribution >= 4 is 49.9 Å². The lowest BCUT2D eigenvalue weighted by Gasteiger charge is -2.11. The van der Waals surface area contributed by atoms with Gasteiger partial charge in [0.05, 0.1) is 11.6 Å². The molecule has 0 saturated heterocycles. The second kappa shape index (κ2) is 8.33. The fraction of sp³-hybridized carbons (Fsp3) is 0.150. The predicted octanol–water partition coefficient (Wildman–Crippen LogP) is 4.83. The average molecular weight is 478 g/mol. The van der Waals surface area contributed by atoms with Crippen LogP contribution in [0.25, 0.3) is 22.4 Å². The zero-order valence-corrected chi connectivity index (χ0v) is 18.8. The van der Waals surface area contributed by atoms with Crippen molar-refractivity contribution in [3.8, 4) is 17.3 Å². The van der Waals surface area contributed by atoms with E-state index in [9.17, 15) is 8.42 Å². The van der Waals surface area contributed by atoms with Crippen molar-refractivity contribution in [2.75, 3.05) is 11.3 Å². The number of aromatic nitrogens is 4. The number of hydrogen-bond acceptors (Lipinski definition) is 6. The number of ether oxygens (including phenoxy) is 1. The van der Waals surface area contributed by atoms with Crippen LogP contribution in [0.3, 0.4) is 0 Å². The average Bonchev–Trinajstić information content (AvgIpc) is 3.11. The molecule has 8 nitrogen and oxygen atoms in total. The van der Waals surface area contributed by atoms with Crippen LogP contribution >= 0.6 is 23.2 Å². The number of halogens is 2. The van der Waals surface area contributed by atoms with E-state index in [-0.39, 0.29) is 14.9 Å². The summed E-state index contributed by atoms with van der Waals surface area (Å²) in [6.45, 7) is 4.19. The molecule has 160 valence electrons. The zero-order valence-electron chi connectivity index (χ0n) is 16.5. The summed E-state index contributed by atoms with van der Waals surface area (Å²) in [5.41, 5.74) is 2.33. The van der Waals surface area contributed by atoms with Crippen molar-refractivity contribution in [1.29, 1.82) is 0 Å². The number of nitrogens with one attached hydrogen (secondary N) is 2. The van der Waals surface area contributed by atoms with E-state index in [2.05, 4.69) is 24.9 Å². The molecule has 0 fully saturated rings. The maximum Gasteiger partial charge on any atom is 0.263 e. The fourth-order valence-electron chi connectivity index (χ4n) is 2.98. The van der Waals surface area contributed by atoms with Crippen LogP contribution in [-0.2, 0) is 10.0 Å². The Labute approximate surface area is 188 Å². The van der Waals surface area contributed by atoms with Gasteiger partial charge in [0, 0.05) is 22.0 Å². The Morgan fingerprint density at radius 2 is 1.84 bits per heavy atom. The molecule has 0 aliphatic heterocycles. The van der Waals surface area contributed by atoms with E-state index in [1.54, 1.807) is 24.3 Å². The molecule has 0 spiro atoms. The van der Waals surface area contributed by atoms with Crippen molar-refractivity contribution in [2.24, 2.45) is 0 Å². The Morgan fingerprint density at radius 1 is 1.10 bits per heavy atom. The number of aromatic amines is 1. The van der Waals surface area contributed by atoms with Crippen LogP contribution in [-0.4, -0.2) is 35.2 Å². The number of rotatable bonds is 6. The van der Waals surface area contributed by atoms with Gasteiger partial charge >= 0.3 is 0 Å². The summed E-state index contributed by atoms with van der Waals surface area (Å²) in [5, 5.41) is 8.15. The topological polar surface area (TPSA) is 110 Å². The van der Waals surface area contributed by atoms with E-state index >= 15 is 0 Å². The van der Waals surface area contributed by atoms with Gasteiger partial charge in [0.1, 0.15) is 10.3 Å². The molecular weight excluding hydrogens is 461 g/mol. The molecule has 2 aromatic carbocycles. The lowest BCUT2D eigenvalue weighted by atomic mass is 10.2. The second-order valence-electron chi connectivity index (χ2n) is 6.59. The van der Waals surface area contributed by atoms with Crippen molar-refractivity contribution < 1.29 is 13.2 Å². The first-order chi connectivity index (χ1) is 14.8. The zero-order chi connectivity index (χ0) is 22.2. The minimum absolute atomic E-state index is 0.0768. The van der Waals surface area contributed by atoms with E-state index in [1.807, 2.05) is 13.8 Å². The Hall–Kier alpha value is -2.88. The molecule has 2 heterocycles. The van der Waals surface area contributed by atoms with E-state index in [1.165, 1.54) is 18.2 Å². The van der Waals surface area contributed by atoms with Gasteiger partial charge in [0.2, 0.25) is 5.88 Å². The molecular formula is C20H17Cl2N5O3S. The quantitative estimate of drug-likeness (QED) is 0.411. The Bertz CT molecular complexity index is 1370. The van der Waals surface area contributed by atoms with Crippen LogP contribution in [0.15, 0.2) is 47.4 Å². The Kier molecular flexibility index (Phi) is 5.74. The lowest BCUT2D eigenvalue weighted by Crippen LogP contribution is -2.13. The minimum Gasteiger partial charge on any atom is -0.477 e. The second-order valence-corrected chi connectivity index (χ2v) is 9.08. The summed E-state index contributed by atoms with van der Waals surface area (Å²) < 4.78 is 33.5. The summed E-state index contributed by atoms with van der Waals surface area (Å²) in [5.74, 6) is 0.851. The predicted molar refractivity (Wildman–Crippen MR) is 120 cm³/mol. The van der Waals surface area contributed by atoms with Gasteiger partial charge < -0.3 is 4.74 Å². The summed E-state index contributed by atoms with van der Waals surface area (Å²) in [6, 6.07) is 10.9. The molecule has 2 aromatic heterocycles. The monoisotopic (exact) mass is 477 g/mol. The number of anilines is 1. The Balaban J connectivity index is 1.65. The third kappa shape index (κ3) is 4.30. The maximum absolute atomic E-state index is 12.7. The minimum atomic E-state index is -3.92. The summed E-state index contributed by atoms with van der Waals surface area (Å²) >= 11 is 11.9. The molecule has 2 N–H and O–H groups in total. The molecule has 4 rings (SSSR count). The van der Waals surface area contributed by atoms with Gasteiger partial charge in [-0.25, -0.2) is 13.4 Å². The first kappa shape index (κ1) is 21.4.